The van der Waals surface area contributed by atoms with E-state index in [-0.39, 0.29) is 5.91 Å². The maximum atomic E-state index is 12.0. The lowest BCUT2D eigenvalue weighted by Crippen LogP contribution is -2.23. The number of nitrogen functional groups attached to an aromatic ring is 1. The number of anilines is 1. The van der Waals surface area contributed by atoms with Gasteiger partial charge in [-0.1, -0.05) is 6.07 Å². The molecule has 1 amide bonds. The van der Waals surface area contributed by atoms with E-state index in [2.05, 4.69) is 26.2 Å². The van der Waals surface area contributed by atoms with Crippen molar-refractivity contribution < 1.29 is 4.79 Å². The van der Waals surface area contributed by atoms with Crippen molar-refractivity contribution in [2.75, 3.05) is 5.73 Å². The van der Waals surface area contributed by atoms with E-state index < -0.39 is 0 Å². The van der Waals surface area contributed by atoms with Crippen LogP contribution in [0.5, 0.6) is 0 Å². The summed E-state index contributed by atoms with van der Waals surface area (Å²) in [6.07, 6.45) is 0. The summed E-state index contributed by atoms with van der Waals surface area (Å²) < 4.78 is 0.628. The van der Waals surface area contributed by atoms with Crippen LogP contribution in [0.15, 0.2) is 28.2 Å². The van der Waals surface area contributed by atoms with Gasteiger partial charge in [0.1, 0.15) is 0 Å². The monoisotopic (exact) mass is 325 g/mol. The van der Waals surface area contributed by atoms with Crippen molar-refractivity contribution in [2.24, 2.45) is 0 Å². The molecule has 0 fully saturated rings. The number of carbonyl (C=O) groups is 1. The summed E-state index contributed by atoms with van der Waals surface area (Å²) in [6, 6.07) is 5.23. The van der Waals surface area contributed by atoms with Gasteiger partial charge in [0.2, 0.25) is 0 Å². The van der Waals surface area contributed by atoms with Crippen molar-refractivity contribution in [2.45, 2.75) is 13.5 Å². The first kappa shape index (κ1) is 13.0. The number of thiazole rings is 1. The largest absolute Gasteiger partial charge is 0.398 e. The molecule has 0 aliphatic heterocycles. The molecule has 0 atom stereocenters. The Bertz CT molecular complexity index is 582. The van der Waals surface area contributed by atoms with Gasteiger partial charge in [0, 0.05) is 10.6 Å². The second-order valence-corrected chi connectivity index (χ2v) is 5.48. The normalized spacial score (nSPS) is 10.3. The number of nitrogens with one attached hydrogen (secondary N) is 1. The van der Waals surface area contributed by atoms with Crippen LogP contribution >= 0.6 is 27.3 Å². The molecule has 1 aromatic carbocycles. The highest BCUT2D eigenvalue weighted by molar-refractivity contribution is 9.10. The van der Waals surface area contributed by atoms with Crippen molar-refractivity contribution in [3.05, 3.63) is 44.3 Å². The fourth-order valence-corrected chi connectivity index (χ4v) is 2.64. The Labute approximate surface area is 117 Å². The van der Waals surface area contributed by atoms with Gasteiger partial charge in [0.05, 0.1) is 27.8 Å². The molecule has 0 radical (unpaired) electrons. The zero-order valence-electron chi connectivity index (χ0n) is 9.74. The molecule has 0 unspecified atom stereocenters. The van der Waals surface area contributed by atoms with Gasteiger partial charge in [-0.25, -0.2) is 4.98 Å². The van der Waals surface area contributed by atoms with E-state index in [1.54, 1.807) is 23.7 Å². The number of amides is 1. The van der Waals surface area contributed by atoms with E-state index in [0.29, 0.717) is 22.3 Å². The summed E-state index contributed by atoms with van der Waals surface area (Å²) >= 11 is 4.85. The fraction of sp³-hybridized carbons (Fsp3) is 0.167. The van der Waals surface area contributed by atoms with Crippen LogP contribution in [0.25, 0.3) is 0 Å². The number of halogens is 1. The van der Waals surface area contributed by atoms with Crippen molar-refractivity contribution in [1.29, 1.82) is 0 Å². The zero-order chi connectivity index (χ0) is 13.1. The molecule has 0 saturated carbocycles. The highest BCUT2D eigenvalue weighted by Crippen LogP contribution is 2.23. The van der Waals surface area contributed by atoms with E-state index >= 15 is 0 Å². The molecule has 0 spiro atoms. The maximum Gasteiger partial charge on any atom is 0.252 e. The second-order valence-electron chi connectivity index (χ2n) is 3.75. The van der Waals surface area contributed by atoms with Crippen molar-refractivity contribution in [3.63, 3.8) is 0 Å². The van der Waals surface area contributed by atoms with E-state index in [4.69, 9.17) is 5.73 Å². The summed E-state index contributed by atoms with van der Waals surface area (Å²) in [5, 5.41) is 2.86. The number of hydrogen-bond acceptors (Lipinski definition) is 4. The first-order valence-electron chi connectivity index (χ1n) is 5.30. The molecular weight excluding hydrogens is 314 g/mol. The van der Waals surface area contributed by atoms with Gasteiger partial charge in [-0.15, -0.1) is 11.3 Å². The highest BCUT2D eigenvalue weighted by atomic mass is 79.9. The average Bonchev–Trinajstić information content (AvgIpc) is 2.75. The van der Waals surface area contributed by atoms with E-state index in [1.165, 1.54) is 11.3 Å². The van der Waals surface area contributed by atoms with E-state index in [0.717, 1.165) is 10.6 Å². The Morgan fingerprint density at radius 1 is 1.56 bits per heavy atom. The van der Waals surface area contributed by atoms with Crippen molar-refractivity contribution >= 4 is 38.9 Å². The van der Waals surface area contributed by atoms with Gasteiger partial charge in [0.25, 0.3) is 5.91 Å². The molecule has 3 N–H and O–H groups in total. The summed E-state index contributed by atoms with van der Waals surface area (Å²) in [7, 11) is 0. The molecule has 0 bridgehead atoms. The molecule has 6 heteroatoms. The molecule has 94 valence electrons. The molecule has 2 rings (SSSR count). The minimum atomic E-state index is -0.151. The third kappa shape index (κ3) is 2.70. The minimum Gasteiger partial charge on any atom is -0.398 e. The van der Waals surface area contributed by atoms with Crippen molar-refractivity contribution in [3.8, 4) is 0 Å². The predicted molar refractivity (Wildman–Crippen MR) is 76.6 cm³/mol. The molecule has 0 aliphatic rings. The number of benzene rings is 1. The summed E-state index contributed by atoms with van der Waals surface area (Å²) in [6.45, 7) is 2.41. The zero-order valence-corrected chi connectivity index (χ0v) is 12.1. The number of carbonyl (C=O) groups excluding carboxylic acids is 1. The van der Waals surface area contributed by atoms with Gasteiger partial charge in [-0.3, -0.25) is 4.79 Å². The van der Waals surface area contributed by atoms with Crippen LogP contribution in [0.2, 0.25) is 0 Å². The smallest absolute Gasteiger partial charge is 0.252 e. The third-order valence-corrected chi connectivity index (χ3v) is 4.35. The maximum absolute atomic E-state index is 12.0. The number of rotatable bonds is 3. The fourth-order valence-electron chi connectivity index (χ4n) is 1.48. The lowest BCUT2D eigenvalue weighted by Gasteiger charge is -2.07. The molecule has 4 nitrogen and oxygen atoms in total. The van der Waals surface area contributed by atoms with Crippen molar-refractivity contribution in [1.82, 2.24) is 10.3 Å². The average molecular weight is 326 g/mol. The Morgan fingerprint density at radius 3 is 3.00 bits per heavy atom. The van der Waals surface area contributed by atoms with Gasteiger partial charge < -0.3 is 11.1 Å². The minimum absolute atomic E-state index is 0.151. The number of nitrogens with two attached hydrogens (primary N) is 1. The molecule has 2 aromatic rings. The molecular formula is C12H12BrN3OS. The number of nitrogens with zero attached hydrogens (tertiary/aromatic N) is 1. The number of hydrogen-bond donors (Lipinski definition) is 2. The molecule has 1 aromatic heterocycles. The SMILES string of the molecule is Cc1ncsc1CNC(=O)c1cccc(N)c1Br. The predicted octanol–water partition coefficient (Wildman–Crippen LogP) is 2.73. The topological polar surface area (TPSA) is 68.0 Å². The van der Waals surface area contributed by atoms with Crippen LogP contribution in [-0.2, 0) is 6.54 Å². The summed E-state index contributed by atoms with van der Waals surface area (Å²) in [5.74, 6) is -0.151. The third-order valence-electron chi connectivity index (χ3n) is 2.53. The van der Waals surface area contributed by atoms with Gasteiger partial charge in [-0.2, -0.15) is 0 Å². The van der Waals surface area contributed by atoms with Gasteiger partial charge >= 0.3 is 0 Å². The summed E-state index contributed by atoms with van der Waals surface area (Å²) in [4.78, 5) is 17.2. The Morgan fingerprint density at radius 2 is 2.33 bits per heavy atom. The lowest BCUT2D eigenvalue weighted by molar-refractivity contribution is 0.0950. The molecule has 1 heterocycles. The van der Waals surface area contributed by atoms with Crippen LogP contribution in [0.1, 0.15) is 20.9 Å². The molecule has 0 aliphatic carbocycles. The van der Waals surface area contributed by atoms with Crippen LogP contribution in [0.4, 0.5) is 5.69 Å². The van der Waals surface area contributed by atoms with Gasteiger partial charge in [0.15, 0.2) is 0 Å². The summed E-state index contributed by atoms with van der Waals surface area (Å²) in [5.41, 5.74) is 9.55. The quantitative estimate of drug-likeness (QED) is 0.852. The first-order valence-corrected chi connectivity index (χ1v) is 6.98. The lowest BCUT2D eigenvalue weighted by atomic mass is 10.2. The Hall–Kier alpha value is -1.40. The number of aryl methyl sites for hydroxylation is 1. The highest BCUT2D eigenvalue weighted by Gasteiger charge is 2.12. The van der Waals surface area contributed by atoms with Crippen LogP contribution in [-0.4, -0.2) is 10.9 Å². The van der Waals surface area contributed by atoms with Crippen LogP contribution in [0, 0.1) is 6.92 Å². The Balaban J connectivity index is 2.09. The molecule has 18 heavy (non-hydrogen) atoms. The van der Waals surface area contributed by atoms with E-state index in [1.807, 2.05) is 6.92 Å². The van der Waals surface area contributed by atoms with E-state index in [9.17, 15) is 4.79 Å². The van der Waals surface area contributed by atoms with Crippen LogP contribution < -0.4 is 11.1 Å². The molecule has 0 saturated heterocycles. The first-order chi connectivity index (χ1) is 8.59. The number of aromatic nitrogens is 1. The standard InChI is InChI=1S/C12H12BrN3OS/c1-7-10(18-6-16-7)5-15-12(17)8-3-2-4-9(14)11(8)13/h2-4,6H,5,14H2,1H3,(H,15,17). The Kier molecular flexibility index (Phi) is 3.98. The van der Waals surface area contributed by atoms with Gasteiger partial charge in [-0.05, 0) is 35.0 Å². The van der Waals surface area contributed by atoms with Crippen LogP contribution in [0.3, 0.4) is 0 Å². The second kappa shape index (κ2) is 5.49.